The van der Waals surface area contributed by atoms with Crippen molar-refractivity contribution in [2.24, 2.45) is 0 Å². The molecule has 6 heteroatoms. The maximum Gasteiger partial charge on any atom is 0.273 e. The van der Waals surface area contributed by atoms with E-state index in [1.807, 2.05) is 6.92 Å². The first kappa shape index (κ1) is 10.7. The molecule has 1 aromatic rings. The summed E-state index contributed by atoms with van der Waals surface area (Å²) in [4.78, 5) is 10.1. The highest BCUT2D eigenvalue weighted by Crippen LogP contribution is 2.32. The van der Waals surface area contributed by atoms with Gasteiger partial charge in [-0.3, -0.25) is 10.1 Å². The topological polar surface area (TPSA) is 73.6 Å². The van der Waals surface area contributed by atoms with Crippen LogP contribution in [0.5, 0.6) is 5.75 Å². The molecule has 6 nitrogen and oxygen atoms in total. The number of nitrogens with one attached hydrogen (secondary N) is 1. The van der Waals surface area contributed by atoms with Gasteiger partial charge in [0.15, 0.2) is 5.75 Å². The number of nitrogens with zero attached hydrogens (tertiary/aromatic N) is 1. The summed E-state index contributed by atoms with van der Waals surface area (Å²) in [5.41, 5.74) is 0.763. The number of non-ortho nitro benzene ring substituents is 1. The Morgan fingerprint density at radius 3 is 3.19 bits per heavy atom. The van der Waals surface area contributed by atoms with Crippen LogP contribution in [-0.2, 0) is 4.74 Å². The van der Waals surface area contributed by atoms with Crippen LogP contribution in [-0.4, -0.2) is 24.4 Å². The normalized spacial score (nSPS) is 18.2. The molecule has 1 atom stereocenters. The fraction of sp³-hybridized carbons (Fsp3) is 0.400. The highest BCUT2D eigenvalue weighted by atomic mass is 16.7. The van der Waals surface area contributed by atoms with Gasteiger partial charge in [-0.05, 0) is 13.0 Å². The van der Waals surface area contributed by atoms with Crippen molar-refractivity contribution in [3.8, 4) is 5.75 Å². The number of anilines is 1. The van der Waals surface area contributed by atoms with Gasteiger partial charge in [0.2, 0.25) is 6.29 Å². The second-order valence-electron chi connectivity index (χ2n) is 3.32. The zero-order chi connectivity index (χ0) is 11.5. The predicted octanol–water partition coefficient (Wildman–Crippen LogP) is 1.76. The monoisotopic (exact) mass is 224 g/mol. The minimum atomic E-state index is -0.450. The molecule has 1 aromatic carbocycles. The Kier molecular flexibility index (Phi) is 2.91. The van der Waals surface area contributed by atoms with E-state index in [4.69, 9.17) is 9.47 Å². The minimum absolute atomic E-state index is 0.0118. The lowest BCUT2D eigenvalue weighted by atomic mass is 10.2. The summed E-state index contributed by atoms with van der Waals surface area (Å²) < 4.78 is 10.8. The average Bonchev–Trinajstić information content (AvgIpc) is 2.28. The molecule has 0 saturated carbocycles. The number of ether oxygens (including phenoxy) is 2. The van der Waals surface area contributed by atoms with Gasteiger partial charge in [-0.1, -0.05) is 0 Å². The second kappa shape index (κ2) is 4.36. The Hall–Kier alpha value is -1.82. The first-order chi connectivity index (χ1) is 7.70. The van der Waals surface area contributed by atoms with Crippen molar-refractivity contribution >= 4 is 11.4 Å². The van der Waals surface area contributed by atoms with Crippen LogP contribution in [0.2, 0.25) is 0 Å². The summed E-state index contributed by atoms with van der Waals surface area (Å²) in [5.74, 6) is 0.457. The number of nitro groups is 1. The van der Waals surface area contributed by atoms with Crippen LogP contribution in [0.4, 0.5) is 11.4 Å². The highest BCUT2D eigenvalue weighted by Gasteiger charge is 2.21. The lowest BCUT2D eigenvalue weighted by Crippen LogP contribution is -2.33. The van der Waals surface area contributed by atoms with Crippen molar-refractivity contribution in [3.05, 3.63) is 28.3 Å². The molecule has 1 aliphatic heterocycles. The summed E-state index contributed by atoms with van der Waals surface area (Å²) in [6.07, 6.45) is -0.389. The van der Waals surface area contributed by atoms with Gasteiger partial charge in [0.25, 0.3) is 5.69 Å². The predicted molar refractivity (Wildman–Crippen MR) is 57.6 cm³/mol. The van der Waals surface area contributed by atoms with Gasteiger partial charge in [-0.25, -0.2) is 0 Å². The van der Waals surface area contributed by atoms with Gasteiger partial charge < -0.3 is 14.8 Å². The Labute approximate surface area is 92.3 Å². The molecule has 0 spiro atoms. The van der Waals surface area contributed by atoms with Crippen LogP contribution in [0, 0.1) is 10.1 Å². The summed E-state index contributed by atoms with van der Waals surface area (Å²) >= 11 is 0. The highest BCUT2D eigenvalue weighted by molar-refractivity contribution is 5.61. The quantitative estimate of drug-likeness (QED) is 0.625. The third-order valence-corrected chi connectivity index (χ3v) is 2.25. The molecular formula is C10H12N2O4. The van der Waals surface area contributed by atoms with Crippen molar-refractivity contribution in [2.75, 3.05) is 18.5 Å². The molecule has 1 N–H and O–H groups in total. The standard InChI is InChI=1S/C10H12N2O4/c1-2-15-10-6-11-8-4-3-7(12(13)14)5-9(8)16-10/h3-5,10-11H,2,6H2,1H3. The molecular weight excluding hydrogens is 212 g/mol. The van der Waals surface area contributed by atoms with E-state index in [0.717, 1.165) is 5.69 Å². The molecule has 0 amide bonds. The van der Waals surface area contributed by atoms with Crippen LogP contribution in [0.15, 0.2) is 18.2 Å². The molecule has 0 fully saturated rings. The molecule has 0 aromatic heterocycles. The Balaban J connectivity index is 2.21. The minimum Gasteiger partial charge on any atom is -0.461 e. The van der Waals surface area contributed by atoms with Gasteiger partial charge >= 0.3 is 0 Å². The van der Waals surface area contributed by atoms with E-state index in [1.165, 1.54) is 12.1 Å². The van der Waals surface area contributed by atoms with E-state index in [2.05, 4.69) is 5.32 Å². The number of benzene rings is 1. The molecule has 0 aliphatic carbocycles. The van der Waals surface area contributed by atoms with Crippen molar-refractivity contribution in [1.82, 2.24) is 0 Å². The lowest BCUT2D eigenvalue weighted by molar-refractivity contribution is -0.385. The van der Waals surface area contributed by atoms with Crippen LogP contribution >= 0.6 is 0 Å². The summed E-state index contributed by atoms with van der Waals surface area (Å²) in [6, 6.07) is 4.47. The van der Waals surface area contributed by atoms with Crippen LogP contribution in [0.3, 0.4) is 0 Å². The molecule has 0 radical (unpaired) electrons. The number of fused-ring (bicyclic) bond motifs is 1. The zero-order valence-corrected chi connectivity index (χ0v) is 8.80. The van der Waals surface area contributed by atoms with Gasteiger partial charge in [0.05, 0.1) is 23.2 Å². The smallest absolute Gasteiger partial charge is 0.273 e. The largest absolute Gasteiger partial charge is 0.461 e. The van der Waals surface area contributed by atoms with Crippen molar-refractivity contribution in [1.29, 1.82) is 0 Å². The maximum absolute atomic E-state index is 10.6. The van der Waals surface area contributed by atoms with Gasteiger partial charge in [-0.15, -0.1) is 0 Å². The van der Waals surface area contributed by atoms with Crippen molar-refractivity contribution in [2.45, 2.75) is 13.2 Å². The zero-order valence-electron chi connectivity index (χ0n) is 8.80. The van der Waals surface area contributed by atoms with Crippen LogP contribution in [0.1, 0.15) is 6.92 Å². The number of hydrogen-bond acceptors (Lipinski definition) is 5. The molecule has 1 aliphatic rings. The van der Waals surface area contributed by atoms with E-state index >= 15 is 0 Å². The summed E-state index contributed by atoms with van der Waals surface area (Å²) in [5, 5.41) is 13.7. The summed E-state index contributed by atoms with van der Waals surface area (Å²) in [7, 11) is 0. The molecule has 1 heterocycles. The number of hydrogen-bond donors (Lipinski definition) is 1. The lowest BCUT2D eigenvalue weighted by Gasteiger charge is -2.26. The second-order valence-corrected chi connectivity index (χ2v) is 3.32. The Bertz CT molecular complexity index is 408. The first-order valence-electron chi connectivity index (χ1n) is 5.01. The van der Waals surface area contributed by atoms with Gasteiger partial charge in [-0.2, -0.15) is 0 Å². The van der Waals surface area contributed by atoms with Crippen molar-refractivity contribution in [3.63, 3.8) is 0 Å². The van der Waals surface area contributed by atoms with Crippen LogP contribution < -0.4 is 10.1 Å². The van der Waals surface area contributed by atoms with Gasteiger partial charge in [0.1, 0.15) is 0 Å². The summed E-state index contributed by atoms with van der Waals surface area (Å²) in [6.45, 7) is 2.95. The molecule has 2 rings (SSSR count). The van der Waals surface area contributed by atoms with Crippen molar-refractivity contribution < 1.29 is 14.4 Å². The van der Waals surface area contributed by atoms with E-state index in [1.54, 1.807) is 6.07 Å². The van der Waals surface area contributed by atoms with E-state index < -0.39 is 4.92 Å². The first-order valence-corrected chi connectivity index (χ1v) is 5.01. The van der Waals surface area contributed by atoms with Gasteiger partial charge in [0, 0.05) is 12.7 Å². The molecule has 86 valence electrons. The van der Waals surface area contributed by atoms with E-state index in [0.29, 0.717) is 18.9 Å². The molecule has 16 heavy (non-hydrogen) atoms. The molecule has 1 unspecified atom stereocenters. The third-order valence-electron chi connectivity index (χ3n) is 2.25. The number of rotatable bonds is 3. The molecule has 0 saturated heterocycles. The van der Waals surface area contributed by atoms with E-state index in [9.17, 15) is 10.1 Å². The Morgan fingerprint density at radius 1 is 1.69 bits per heavy atom. The SMILES string of the molecule is CCOC1CNc2ccc([N+](=O)[O-])cc2O1. The number of nitro benzene ring substituents is 1. The Morgan fingerprint density at radius 2 is 2.50 bits per heavy atom. The van der Waals surface area contributed by atoms with E-state index in [-0.39, 0.29) is 12.0 Å². The third kappa shape index (κ3) is 2.06. The molecule has 0 bridgehead atoms. The fourth-order valence-corrected chi connectivity index (χ4v) is 1.52. The van der Waals surface area contributed by atoms with Crippen LogP contribution in [0.25, 0.3) is 0 Å². The fourth-order valence-electron chi connectivity index (χ4n) is 1.52. The average molecular weight is 224 g/mol. The maximum atomic E-state index is 10.6.